The molecule has 0 unspecified atom stereocenters. The molecule has 2 aromatic rings. The average molecular weight is 294 g/mol. The molecule has 0 radical (unpaired) electrons. The predicted octanol–water partition coefficient (Wildman–Crippen LogP) is 4.41. The third-order valence-electron chi connectivity index (χ3n) is 3.70. The zero-order valence-electron chi connectivity index (χ0n) is 11.1. The number of imidazole rings is 1. The quantitative estimate of drug-likeness (QED) is 0.908. The van der Waals surface area contributed by atoms with E-state index in [1.165, 1.54) is 31.4 Å². The van der Waals surface area contributed by atoms with Crippen LogP contribution in [0.2, 0.25) is 5.02 Å². The Bertz CT molecular complexity index is 570. The van der Waals surface area contributed by atoms with Gasteiger partial charge in [-0.1, -0.05) is 30.9 Å². The molecule has 0 atom stereocenters. The highest BCUT2D eigenvalue weighted by atomic mass is 35.5. The van der Waals surface area contributed by atoms with E-state index in [9.17, 15) is 4.39 Å². The van der Waals surface area contributed by atoms with E-state index in [-0.39, 0.29) is 5.82 Å². The molecule has 0 saturated heterocycles. The first-order chi connectivity index (χ1) is 9.72. The molecule has 1 saturated carbocycles. The molecule has 1 heterocycles. The van der Waals surface area contributed by atoms with Crippen LogP contribution in [0.4, 0.5) is 10.3 Å². The fourth-order valence-electron chi connectivity index (χ4n) is 2.73. The summed E-state index contributed by atoms with van der Waals surface area (Å²) in [6, 6.07) is 4.95. The van der Waals surface area contributed by atoms with E-state index in [0.717, 1.165) is 18.8 Å². The first kappa shape index (κ1) is 13.4. The Kier molecular flexibility index (Phi) is 3.92. The van der Waals surface area contributed by atoms with Crippen LogP contribution >= 0.6 is 11.6 Å². The standard InChI is InChI=1S/C15H17ClFN3/c16-11-8-12(17)10-14(9-11)20-7-6-18-15(20)19-13-4-2-1-3-5-13/h6-10,13H,1-5H2,(H,18,19). The molecule has 1 aliphatic carbocycles. The fourth-order valence-corrected chi connectivity index (χ4v) is 2.94. The lowest BCUT2D eigenvalue weighted by Gasteiger charge is -2.23. The molecular weight excluding hydrogens is 277 g/mol. The summed E-state index contributed by atoms with van der Waals surface area (Å²) in [4.78, 5) is 4.33. The van der Waals surface area contributed by atoms with Crippen molar-refractivity contribution in [2.45, 2.75) is 38.1 Å². The first-order valence-electron chi connectivity index (χ1n) is 6.99. The smallest absolute Gasteiger partial charge is 0.207 e. The van der Waals surface area contributed by atoms with E-state index in [2.05, 4.69) is 10.3 Å². The van der Waals surface area contributed by atoms with Crippen LogP contribution in [-0.4, -0.2) is 15.6 Å². The van der Waals surface area contributed by atoms with Crippen LogP contribution in [0.25, 0.3) is 5.69 Å². The highest BCUT2D eigenvalue weighted by Crippen LogP contribution is 2.24. The second kappa shape index (κ2) is 5.83. The summed E-state index contributed by atoms with van der Waals surface area (Å²) in [7, 11) is 0. The minimum atomic E-state index is -0.343. The molecule has 0 aliphatic heterocycles. The highest BCUT2D eigenvalue weighted by molar-refractivity contribution is 6.30. The van der Waals surface area contributed by atoms with Crippen molar-refractivity contribution in [2.24, 2.45) is 0 Å². The molecule has 1 N–H and O–H groups in total. The topological polar surface area (TPSA) is 29.9 Å². The van der Waals surface area contributed by atoms with Crippen molar-refractivity contribution in [1.29, 1.82) is 0 Å². The first-order valence-corrected chi connectivity index (χ1v) is 7.36. The molecule has 0 amide bonds. The summed E-state index contributed by atoms with van der Waals surface area (Å²) in [5, 5.41) is 3.84. The van der Waals surface area contributed by atoms with Crippen molar-refractivity contribution in [2.75, 3.05) is 5.32 Å². The second-order valence-corrected chi connectivity index (χ2v) is 5.66. The molecule has 3 nitrogen and oxygen atoms in total. The summed E-state index contributed by atoms with van der Waals surface area (Å²) in [5.74, 6) is 0.406. The third-order valence-corrected chi connectivity index (χ3v) is 3.92. The zero-order valence-corrected chi connectivity index (χ0v) is 11.9. The van der Waals surface area contributed by atoms with Crippen LogP contribution in [0.1, 0.15) is 32.1 Å². The monoisotopic (exact) mass is 293 g/mol. The van der Waals surface area contributed by atoms with Crippen molar-refractivity contribution in [3.05, 3.63) is 41.4 Å². The number of benzene rings is 1. The van der Waals surface area contributed by atoms with E-state index < -0.39 is 0 Å². The number of aromatic nitrogens is 2. The predicted molar refractivity (Wildman–Crippen MR) is 79.0 cm³/mol. The van der Waals surface area contributed by atoms with Crippen molar-refractivity contribution in [1.82, 2.24) is 9.55 Å². The number of hydrogen-bond donors (Lipinski definition) is 1. The molecule has 106 valence electrons. The maximum Gasteiger partial charge on any atom is 0.207 e. The van der Waals surface area contributed by atoms with Crippen molar-refractivity contribution < 1.29 is 4.39 Å². The summed E-state index contributed by atoms with van der Waals surface area (Å²) in [5.41, 5.74) is 0.686. The molecule has 1 fully saturated rings. The molecule has 1 aromatic carbocycles. The van der Waals surface area contributed by atoms with E-state index in [4.69, 9.17) is 11.6 Å². The van der Waals surface area contributed by atoms with Gasteiger partial charge in [-0.3, -0.25) is 4.57 Å². The minimum Gasteiger partial charge on any atom is -0.353 e. The fraction of sp³-hybridized carbons (Fsp3) is 0.400. The Labute approximate surface area is 122 Å². The number of rotatable bonds is 3. The van der Waals surface area contributed by atoms with Gasteiger partial charge in [0.1, 0.15) is 5.82 Å². The van der Waals surface area contributed by atoms with Gasteiger partial charge in [0.05, 0.1) is 5.69 Å². The maximum atomic E-state index is 13.5. The Morgan fingerprint density at radius 2 is 2.00 bits per heavy atom. The van der Waals surface area contributed by atoms with Crippen molar-refractivity contribution >= 4 is 17.5 Å². The Hall–Kier alpha value is -1.55. The lowest BCUT2D eigenvalue weighted by atomic mass is 9.96. The van der Waals surface area contributed by atoms with Gasteiger partial charge in [-0.15, -0.1) is 0 Å². The summed E-state index contributed by atoms with van der Waals surface area (Å²) in [6.45, 7) is 0. The normalized spacial score (nSPS) is 16.3. The van der Waals surface area contributed by atoms with E-state index in [0.29, 0.717) is 16.8 Å². The lowest BCUT2D eigenvalue weighted by molar-refractivity contribution is 0.460. The number of halogens is 2. The van der Waals surface area contributed by atoms with Crippen LogP contribution in [0.3, 0.4) is 0 Å². The Morgan fingerprint density at radius 1 is 1.20 bits per heavy atom. The van der Waals surface area contributed by atoms with Crippen LogP contribution in [0, 0.1) is 5.82 Å². The number of anilines is 1. The van der Waals surface area contributed by atoms with Crippen LogP contribution in [-0.2, 0) is 0 Å². The molecule has 3 rings (SSSR count). The summed E-state index contributed by atoms with van der Waals surface area (Å²) < 4.78 is 15.3. The highest BCUT2D eigenvalue weighted by Gasteiger charge is 2.16. The largest absolute Gasteiger partial charge is 0.353 e. The van der Waals surface area contributed by atoms with Gasteiger partial charge in [-0.25, -0.2) is 9.37 Å². The van der Waals surface area contributed by atoms with E-state index in [1.807, 2.05) is 10.8 Å². The van der Waals surface area contributed by atoms with Gasteiger partial charge < -0.3 is 5.32 Å². The lowest BCUT2D eigenvalue weighted by Crippen LogP contribution is -2.24. The third kappa shape index (κ3) is 2.96. The molecule has 0 bridgehead atoms. The van der Waals surface area contributed by atoms with Crippen LogP contribution in [0.5, 0.6) is 0 Å². The Morgan fingerprint density at radius 3 is 2.75 bits per heavy atom. The molecule has 5 heteroatoms. The van der Waals surface area contributed by atoms with E-state index in [1.54, 1.807) is 12.3 Å². The summed E-state index contributed by atoms with van der Waals surface area (Å²) >= 11 is 5.92. The van der Waals surface area contributed by atoms with E-state index >= 15 is 0 Å². The number of hydrogen-bond acceptors (Lipinski definition) is 2. The zero-order chi connectivity index (χ0) is 13.9. The second-order valence-electron chi connectivity index (χ2n) is 5.23. The van der Waals surface area contributed by atoms with Gasteiger partial charge in [0, 0.05) is 23.5 Å². The molecular formula is C15H17ClFN3. The number of nitrogens with one attached hydrogen (secondary N) is 1. The van der Waals surface area contributed by atoms with Crippen LogP contribution < -0.4 is 5.32 Å². The van der Waals surface area contributed by atoms with Gasteiger partial charge >= 0.3 is 0 Å². The molecule has 1 aliphatic rings. The van der Waals surface area contributed by atoms with Gasteiger partial charge in [0.15, 0.2) is 0 Å². The maximum absolute atomic E-state index is 13.5. The van der Waals surface area contributed by atoms with Crippen molar-refractivity contribution in [3.8, 4) is 5.69 Å². The van der Waals surface area contributed by atoms with Crippen molar-refractivity contribution in [3.63, 3.8) is 0 Å². The van der Waals surface area contributed by atoms with Crippen LogP contribution in [0.15, 0.2) is 30.6 Å². The summed E-state index contributed by atoms with van der Waals surface area (Å²) in [6.07, 6.45) is 9.67. The molecule has 1 aromatic heterocycles. The van der Waals surface area contributed by atoms with Gasteiger partial charge in [0.25, 0.3) is 0 Å². The Balaban J connectivity index is 1.85. The minimum absolute atomic E-state index is 0.343. The van der Waals surface area contributed by atoms with Gasteiger partial charge in [-0.2, -0.15) is 0 Å². The SMILES string of the molecule is Fc1cc(Cl)cc(-n2ccnc2NC2CCCCC2)c1. The molecule has 0 spiro atoms. The molecule has 20 heavy (non-hydrogen) atoms. The number of nitrogens with zero attached hydrogens (tertiary/aromatic N) is 2. The van der Waals surface area contributed by atoms with Gasteiger partial charge in [0.2, 0.25) is 5.95 Å². The van der Waals surface area contributed by atoms with Gasteiger partial charge in [-0.05, 0) is 31.0 Å². The average Bonchev–Trinajstić information content (AvgIpc) is 2.87.